The normalized spacial score (nSPS) is 19.1. The predicted octanol–water partition coefficient (Wildman–Crippen LogP) is 2.90. The molecule has 0 aromatic heterocycles. The Labute approximate surface area is 119 Å². The van der Waals surface area contributed by atoms with Gasteiger partial charge in [0.25, 0.3) is 0 Å². The van der Waals surface area contributed by atoms with Crippen molar-refractivity contribution in [3.05, 3.63) is 29.3 Å². The van der Waals surface area contributed by atoms with Crippen molar-refractivity contribution in [3.8, 4) is 5.75 Å². The van der Waals surface area contributed by atoms with Gasteiger partial charge in [-0.1, -0.05) is 12.2 Å². The van der Waals surface area contributed by atoms with E-state index in [0.717, 1.165) is 18.9 Å². The molecular formula is C13H14F3NO2S. The first-order valence-corrected chi connectivity index (χ1v) is 6.54. The Morgan fingerprint density at radius 1 is 1.45 bits per heavy atom. The minimum atomic E-state index is -4.49. The van der Waals surface area contributed by atoms with E-state index in [0.29, 0.717) is 19.0 Å². The molecule has 3 nitrogen and oxygen atoms in total. The van der Waals surface area contributed by atoms with Gasteiger partial charge in [-0.25, -0.2) is 0 Å². The molecule has 0 radical (unpaired) electrons. The molecule has 0 aliphatic carbocycles. The summed E-state index contributed by atoms with van der Waals surface area (Å²) in [5, 5.41) is 0. The van der Waals surface area contributed by atoms with Crippen LogP contribution in [-0.4, -0.2) is 24.3 Å². The molecule has 1 unspecified atom stereocenters. The highest BCUT2D eigenvalue weighted by Crippen LogP contribution is 2.34. The van der Waals surface area contributed by atoms with Crippen molar-refractivity contribution in [2.75, 3.05) is 13.2 Å². The first-order chi connectivity index (χ1) is 9.38. The lowest BCUT2D eigenvalue weighted by atomic mass is 10.1. The number of ether oxygens (including phenoxy) is 2. The van der Waals surface area contributed by atoms with Crippen LogP contribution in [0, 0.1) is 0 Å². The zero-order valence-corrected chi connectivity index (χ0v) is 11.4. The molecule has 0 saturated carbocycles. The standard InChI is InChI=1S/C13H14F3NO2S/c14-13(15,16)11-4-3-8(6-10(11)12(17)20)19-7-9-2-1-5-18-9/h3-4,6,9H,1-2,5,7H2,(H2,17,20). The largest absolute Gasteiger partial charge is 0.491 e. The van der Waals surface area contributed by atoms with E-state index in [1.54, 1.807) is 0 Å². The first kappa shape index (κ1) is 15.1. The maximum absolute atomic E-state index is 12.8. The van der Waals surface area contributed by atoms with Gasteiger partial charge in [-0.3, -0.25) is 0 Å². The summed E-state index contributed by atoms with van der Waals surface area (Å²) in [6, 6.07) is 3.42. The van der Waals surface area contributed by atoms with Crippen molar-refractivity contribution in [3.63, 3.8) is 0 Å². The molecule has 2 rings (SSSR count). The summed E-state index contributed by atoms with van der Waals surface area (Å²) in [6.07, 6.45) is -2.64. The molecule has 110 valence electrons. The van der Waals surface area contributed by atoms with Crippen molar-refractivity contribution in [1.82, 2.24) is 0 Å². The SMILES string of the molecule is NC(=S)c1cc(OCC2CCCO2)ccc1C(F)(F)F. The molecule has 1 aromatic carbocycles. The van der Waals surface area contributed by atoms with Crippen molar-refractivity contribution in [2.45, 2.75) is 25.1 Å². The Kier molecular flexibility index (Phi) is 4.49. The third-order valence-electron chi connectivity index (χ3n) is 3.02. The van der Waals surface area contributed by atoms with Crippen LogP contribution in [0.25, 0.3) is 0 Å². The van der Waals surface area contributed by atoms with Gasteiger partial charge in [0.15, 0.2) is 0 Å². The Morgan fingerprint density at radius 2 is 2.20 bits per heavy atom. The topological polar surface area (TPSA) is 44.5 Å². The van der Waals surface area contributed by atoms with E-state index in [9.17, 15) is 13.2 Å². The van der Waals surface area contributed by atoms with Crippen molar-refractivity contribution in [2.24, 2.45) is 5.73 Å². The predicted molar refractivity (Wildman–Crippen MR) is 71.8 cm³/mol. The van der Waals surface area contributed by atoms with Crippen LogP contribution >= 0.6 is 12.2 Å². The number of benzene rings is 1. The number of rotatable bonds is 4. The maximum atomic E-state index is 12.8. The van der Waals surface area contributed by atoms with Crippen molar-refractivity contribution >= 4 is 17.2 Å². The van der Waals surface area contributed by atoms with Crippen LogP contribution in [0.15, 0.2) is 18.2 Å². The highest BCUT2D eigenvalue weighted by molar-refractivity contribution is 7.80. The van der Waals surface area contributed by atoms with E-state index in [-0.39, 0.29) is 16.7 Å². The molecule has 20 heavy (non-hydrogen) atoms. The number of hydrogen-bond acceptors (Lipinski definition) is 3. The van der Waals surface area contributed by atoms with Gasteiger partial charge in [-0.2, -0.15) is 13.2 Å². The average Bonchev–Trinajstić information content (AvgIpc) is 2.88. The monoisotopic (exact) mass is 305 g/mol. The molecule has 1 heterocycles. The van der Waals surface area contributed by atoms with E-state index >= 15 is 0 Å². The number of nitrogens with two attached hydrogens (primary N) is 1. The van der Waals surface area contributed by atoms with Crippen LogP contribution in [-0.2, 0) is 10.9 Å². The molecule has 0 bridgehead atoms. The molecule has 1 aliphatic rings. The summed E-state index contributed by atoms with van der Waals surface area (Å²) in [6.45, 7) is 1.00. The van der Waals surface area contributed by atoms with Crippen LogP contribution in [0.5, 0.6) is 5.75 Å². The number of hydrogen-bond donors (Lipinski definition) is 1. The summed E-state index contributed by atoms with van der Waals surface area (Å²) >= 11 is 4.67. The highest BCUT2D eigenvalue weighted by Gasteiger charge is 2.34. The summed E-state index contributed by atoms with van der Waals surface area (Å²) in [7, 11) is 0. The van der Waals surface area contributed by atoms with E-state index < -0.39 is 11.7 Å². The fourth-order valence-electron chi connectivity index (χ4n) is 2.03. The third-order valence-corrected chi connectivity index (χ3v) is 3.24. The molecule has 7 heteroatoms. The van der Waals surface area contributed by atoms with Crippen molar-refractivity contribution < 1.29 is 22.6 Å². The van der Waals surface area contributed by atoms with Crippen LogP contribution in [0.4, 0.5) is 13.2 Å². The van der Waals surface area contributed by atoms with Gasteiger partial charge >= 0.3 is 6.18 Å². The van der Waals surface area contributed by atoms with Crippen molar-refractivity contribution in [1.29, 1.82) is 0 Å². The molecular weight excluding hydrogens is 291 g/mol. The average molecular weight is 305 g/mol. The lowest BCUT2D eigenvalue weighted by Crippen LogP contribution is -2.19. The Balaban J connectivity index is 2.15. The van der Waals surface area contributed by atoms with Gasteiger partial charge < -0.3 is 15.2 Å². The molecule has 0 amide bonds. The molecule has 2 N–H and O–H groups in total. The van der Waals surface area contributed by atoms with Gasteiger partial charge in [-0.05, 0) is 31.0 Å². The Hall–Kier alpha value is -1.34. The Morgan fingerprint density at radius 3 is 2.75 bits per heavy atom. The van der Waals surface area contributed by atoms with E-state index in [1.807, 2.05) is 0 Å². The summed E-state index contributed by atoms with van der Waals surface area (Å²) in [5.41, 5.74) is 4.27. The van der Waals surface area contributed by atoms with E-state index in [4.69, 9.17) is 15.2 Å². The summed E-state index contributed by atoms with van der Waals surface area (Å²) in [5.74, 6) is 0.302. The number of thiocarbonyl (C=S) groups is 1. The summed E-state index contributed by atoms with van der Waals surface area (Å²) in [4.78, 5) is -0.306. The second-order valence-corrected chi connectivity index (χ2v) is 4.96. The molecule has 1 fully saturated rings. The lowest BCUT2D eigenvalue weighted by molar-refractivity contribution is -0.137. The maximum Gasteiger partial charge on any atom is 0.417 e. The van der Waals surface area contributed by atoms with Gasteiger partial charge in [-0.15, -0.1) is 0 Å². The molecule has 1 atom stereocenters. The smallest absolute Gasteiger partial charge is 0.417 e. The quantitative estimate of drug-likeness (QED) is 0.869. The van der Waals surface area contributed by atoms with Gasteiger partial charge in [0.05, 0.1) is 11.7 Å². The van der Waals surface area contributed by atoms with E-state index in [2.05, 4.69) is 12.2 Å². The van der Waals surface area contributed by atoms with Gasteiger partial charge in [0.1, 0.15) is 17.3 Å². The second-order valence-electron chi connectivity index (χ2n) is 4.52. The van der Waals surface area contributed by atoms with Gasteiger partial charge in [0, 0.05) is 12.2 Å². The zero-order chi connectivity index (χ0) is 14.8. The molecule has 1 aromatic rings. The van der Waals surface area contributed by atoms with Crippen LogP contribution < -0.4 is 10.5 Å². The third kappa shape index (κ3) is 3.61. The number of alkyl halides is 3. The number of halogens is 3. The Bertz CT molecular complexity index is 499. The zero-order valence-electron chi connectivity index (χ0n) is 10.6. The second kappa shape index (κ2) is 5.97. The lowest BCUT2D eigenvalue weighted by Gasteiger charge is -2.15. The highest BCUT2D eigenvalue weighted by atomic mass is 32.1. The van der Waals surface area contributed by atoms with Crippen LogP contribution in [0.2, 0.25) is 0 Å². The minimum Gasteiger partial charge on any atom is -0.491 e. The molecule has 1 saturated heterocycles. The summed E-state index contributed by atoms with van der Waals surface area (Å²) < 4.78 is 49.2. The van der Waals surface area contributed by atoms with Crippen LogP contribution in [0.3, 0.4) is 0 Å². The fourth-order valence-corrected chi connectivity index (χ4v) is 2.20. The fraction of sp³-hybridized carbons (Fsp3) is 0.462. The molecule has 0 spiro atoms. The molecule has 1 aliphatic heterocycles. The minimum absolute atomic E-state index is 0.00873. The first-order valence-electron chi connectivity index (χ1n) is 6.13. The van der Waals surface area contributed by atoms with Crippen LogP contribution in [0.1, 0.15) is 24.0 Å². The van der Waals surface area contributed by atoms with Gasteiger partial charge in [0.2, 0.25) is 0 Å². The van der Waals surface area contributed by atoms with E-state index in [1.165, 1.54) is 12.1 Å².